The third kappa shape index (κ3) is 6.19. The number of aromatic nitrogens is 2. The highest BCUT2D eigenvalue weighted by Gasteiger charge is 2.17. The van der Waals surface area contributed by atoms with E-state index in [-0.39, 0.29) is 0 Å². The van der Waals surface area contributed by atoms with Crippen LogP contribution in [0.1, 0.15) is 53.7 Å². The fourth-order valence-electron chi connectivity index (χ4n) is 3.24. The van der Waals surface area contributed by atoms with Crippen LogP contribution in [0.2, 0.25) is 0 Å². The Bertz CT molecular complexity index is 763. The molecule has 3 rings (SSSR count). The van der Waals surface area contributed by atoms with Gasteiger partial charge in [-0.05, 0) is 58.1 Å². The second-order valence-electron chi connectivity index (χ2n) is 7.15. The maximum Gasteiger partial charge on any atom is 0.213 e. The summed E-state index contributed by atoms with van der Waals surface area (Å²) in [6.07, 6.45) is 7.82. The number of nitrogens with one attached hydrogen (secondary N) is 2. The van der Waals surface area contributed by atoms with Crippen LogP contribution in [0.25, 0.3) is 0 Å². The summed E-state index contributed by atoms with van der Waals surface area (Å²) in [5.41, 5.74) is 2.24. The van der Waals surface area contributed by atoms with Gasteiger partial charge in [-0.2, -0.15) is 0 Å². The third-order valence-corrected chi connectivity index (χ3v) is 5.99. The first-order valence-electron chi connectivity index (χ1n) is 10.2. The van der Waals surface area contributed by atoms with Crippen molar-refractivity contribution in [2.45, 2.75) is 65.5 Å². The summed E-state index contributed by atoms with van der Waals surface area (Å²) in [5.74, 6) is 1.54. The molecule has 1 aliphatic carbocycles. The van der Waals surface area contributed by atoms with E-state index in [1.807, 2.05) is 18.3 Å². The molecule has 2 heterocycles. The van der Waals surface area contributed by atoms with Gasteiger partial charge in [0.15, 0.2) is 5.96 Å². The lowest BCUT2D eigenvalue weighted by molar-refractivity contribution is 0.201. The molecule has 1 saturated carbocycles. The predicted molar refractivity (Wildman–Crippen MR) is 115 cm³/mol. The number of pyridine rings is 1. The molecule has 2 aromatic rings. The van der Waals surface area contributed by atoms with Crippen molar-refractivity contribution in [1.29, 1.82) is 0 Å². The minimum atomic E-state index is 0.323. The van der Waals surface area contributed by atoms with Gasteiger partial charge in [-0.15, -0.1) is 11.3 Å². The molecule has 2 aromatic heterocycles. The van der Waals surface area contributed by atoms with Crippen LogP contribution >= 0.6 is 11.3 Å². The van der Waals surface area contributed by atoms with Gasteiger partial charge < -0.3 is 15.4 Å². The van der Waals surface area contributed by atoms with Crippen molar-refractivity contribution in [2.75, 3.05) is 13.1 Å². The van der Waals surface area contributed by atoms with Crippen LogP contribution < -0.4 is 15.4 Å². The number of thiazole rings is 1. The Morgan fingerprint density at radius 1 is 1.29 bits per heavy atom. The zero-order valence-corrected chi connectivity index (χ0v) is 17.9. The largest absolute Gasteiger partial charge is 0.474 e. The standard InChI is InChI=1S/C21H31N5OS/c1-4-22-21(24-12-10-20-26-15(2)16(3)28-20)25-14-17-9-11-23-19(13-17)27-18-7-5-6-8-18/h9,11,13,18H,4-8,10,12,14H2,1-3H3,(H2,22,24,25). The van der Waals surface area contributed by atoms with Gasteiger partial charge in [0, 0.05) is 36.7 Å². The molecule has 6 nitrogen and oxygen atoms in total. The molecule has 0 radical (unpaired) electrons. The monoisotopic (exact) mass is 401 g/mol. The van der Waals surface area contributed by atoms with Gasteiger partial charge in [-0.1, -0.05) is 0 Å². The topological polar surface area (TPSA) is 71.4 Å². The number of guanidine groups is 1. The average molecular weight is 402 g/mol. The zero-order valence-electron chi connectivity index (χ0n) is 17.1. The van der Waals surface area contributed by atoms with Gasteiger partial charge >= 0.3 is 0 Å². The summed E-state index contributed by atoms with van der Waals surface area (Å²) >= 11 is 1.77. The van der Waals surface area contributed by atoms with E-state index in [0.717, 1.165) is 49.6 Å². The van der Waals surface area contributed by atoms with E-state index in [1.165, 1.54) is 22.7 Å². The molecule has 1 aliphatic rings. The van der Waals surface area contributed by atoms with Gasteiger partial charge in [0.05, 0.1) is 17.2 Å². The first-order valence-corrected chi connectivity index (χ1v) is 11.0. The maximum atomic E-state index is 6.00. The first kappa shape index (κ1) is 20.6. The van der Waals surface area contributed by atoms with Gasteiger partial charge in [0.2, 0.25) is 5.88 Å². The number of aryl methyl sites for hydroxylation is 2. The van der Waals surface area contributed by atoms with E-state index in [9.17, 15) is 0 Å². The lowest BCUT2D eigenvalue weighted by Crippen LogP contribution is -2.38. The Kier molecular flexibility index (Phi) is 7.65. The smallest absolute Gasteiger partial charge is 0.213 e. The highest BCUT2D eigenvalue weighted by molar-refractivity contribution is 7.11. The molecule has 1 fully saturated rings. The SMILES string of the molecule is CCNC(=NCc1ccnc(OC2CCCC2)c1)NCCc1nc(C)c(C)s1. The van der Waals surface area contributed by atoms with Crippen LogP contribution in [0.4, 0.5) is 0 Å². The summed E-state index contributed by atoms with van der Waals surface area (Å²) in [7, 11) is 0. The van der Waals surface area contributed by atoms with Gasteiger partial charge in [0.25, 0.3) is 0 Å². The van der Waals surface area contributed by atoms with E-state index >= 15 is 0 Å². The van der Waals surface area contributed by atoms with E-state index in [4.69, 9.17) is 9.73 Å². The normalized spacial score (nSPS) is 15.0. The van der Waals surface area contributed by atoms with Crippen molar-refractivity contribution in [3.63, 3.8) is 0 Å². The van der Waals surface area contributed by atoms with E-state index in [1.54, 1.807) is 11.3 Å². The molecular formula is C21H31N5OS. The van der Waals surface area contributed by atoms with Crippen LogP contribution in [0, 0.1) is 13.8 Å². The van der Waals surface area contributed by atoms with Crippen molar-refractivity contribution < 1.29 is 4.74 Å². The molecule has 152 valence electrons. The molecule has 2 N–H and O–H groups in total. The summed E-state index contributed by atoms with van der Waals surface area (Å²) in [4.78, 5) is 14.9. The van der Waals surface area contributed by atoms with Crippen molar-refractivity contribution in [3.05, 3.63) is 39.5 Å². The molecule has 0 amide bonds. The molecule has 0 atom stereocenters. The third-order valence-electron chi connectivity index (χ3n) is 4.86. The Balaban J connectivity index is 1.52. The average Bonchev–Trinajstić information content (AvgIpc) is 3.30. The second kappa shape index (κ2) is 10.4. The molecule has 0 saturated heterocycles. The van der Waals surface area contributed by atoms with Gasteiger partial charge in [0.1, 0.15) is 6.10 Å². The quantitative estimate of drug-likeness (QED) is 0.520. The predicted octanol–water partition coefficient (Wildman–Crippen LogP) is 3.77. The number of nitrogens with zero attached hydrogens (tertiary/aromatic N) is 3. The van der Waals surface area contributed by atoms with Gasteiger partial charge in [-0.25, -0.2) is 15.0 Å². The maximum absolute atomic E-state index is 6.00. The Morgan fingerprint density at radius 2 is 2.11 bits per heavy atom. The fraction of sp³-hybridized carbons (Fsp3) is 0.571. The van der Waals surface area contributed by atoms with Gasteiger partial charge in [-0.3, -0.25) is 0 Å². The first-order chi connectivity index (χ1) is 13.6. The highest BCUT2D eigenvalue weighted by atomic mass is 32.1. The van der Waals surface area contributed by atoms with Crippen LogP contribution in [0.15, 0.2) is 23.3 Å². The van der Waals surface area contributed by atoms with E-state index in [0.29, 0.717) is 18.5 Å². The number of hydrogen-bond donors (Lipinski definition) is 2. The lowest BCUT2D eigenvalue weighted by atomic mass is 10.2. The number of aliphatic imine (C=N–C) groups is 1. The Labute approximate surface area is 171 Å². The highest BCUT2D eigenvalue weighted by Crippen LogP contribution is 2.23. The zero-order chi connectivity index (χ0) is 19.8. The van der Waals surface area contributed by atoms with Crippen molar-refractivity contribution in [2.24, 2.45) is 4.99 Å². The van der Waals surface area contributed by atoms with E-state index in [2.05, 4.69) is 41.4 Å². The molecule has 28 heavy (non-hydrogen) atoms. The molecular weight excluding hydrogens is 370 g/mol. The second-order valence-corrected chi connectivity index (χ2v) is 8.44. The van der Waals surface area contributed by atoms with Crippen molar-refractivity contribution in [1.82, 2.24) is 20.6 Å². The lowest BCUT2D eigenvalue weighted by Gasteiger charge is -2.13. The number of ether oxygens (including phenoxy) is 1. The summed E-state index contributed by atoms with van der Waals surface area (Å²) < 4.78 is 6.00. The molecule has 7 heteroatoms. The van der Waals surface area contributed by atoms with Crippen LogP contribution in [-0.4, -0.2) is 35.1 Å². The minimum absolute atomic E-state index is 0.323. The molecule has 0 aliphatic heterocycles. The van der Waals surface area contributed by atoms with Crippen LogP contribution in [0.3, 0.4) is 0 Å². The molecule has 0 aromatic carbocycles. The molecule has 0 bridgehead atoms. The van der Waals surface area contributed by atoms with Crippen LogP contribution in [-0.2, 0) is 13.0 Å². The Hall–Kier alpha value is -2.15. The number of rotatable bonds is 8. The van der Waals surface area contributed by atoms with Crippen molar-refractivity contribution >= 4 is 17.3 Å². The number of hydrogen-bond acceptors (Lipinski definition) is 5. The summed E-state index contributed by atoms with van der Waals surface area (Å²) in [6.45, 7) is 8.49. The summed E-state index contributed by atoms with van der Waals surface area (Å²) in [5, 5.41) is 7.87. The van der Waals surface area contributed by atoms with Crippen LogP contribution in [0.5, 0.6) is 5.88 Å². The summed E-state index contributed by atoms with van der Waals surface area (Å²) in [6, 6.07) is 4.00. The molecule has 0 spiro atoms. The minimum Gasteiger partial charge on any atom is -0.474 e. The molecule has 0 unspecified atom stereocenters. The fourth-order valence-corrected chi connectivity index (χ4v) is 4.17. The van der Waals surface area contributed by atoms with Crippen molar-refractivity contribution in [3.8, 4) is 5.88 Å². The Morgan fingerprint density at radius 3 is 2.82 bits per heavy atom. The van der Waals surface area contributed by atoms with E-state index < -0.39 is 0 Å².